The summed E-state index contributed by atoms with van der Waals surface area (Å²) >= 11 is 0. The van der Waals surface area contributed by atoms with Crippen LogP contribution >= 0.6 is 24.0 Å². The van der Waals surface area contributed by atoms with Crippen LogP contribution < -0.4 is 5.32 Å². The molecule has 0 bridgehead atoms. The maximum absolute atomic E-state index is 4.96. The molecule has 2 aliphatic rings. The van der Waals surface area contributed by atoms with Crippen LogP contribution in [0.25, 0.3) is 0 Å². The van der Waals surface area contributed by atoms with E-state index >= 15 is 0 Å². The smallest absolute Gasteiger partial charge is 0.194 e. The van der Waals surface area contributed by atoms with E-state index in [2.05, 4.69) is 47.7 Å². The third-order valence-electron chi connectivity index (χ3n) is 5.58. The van der Waals surface area contributed by atoms with Crippen LogP contribution in [0.5, 0.6) is 0 Å². The molecule has 2 aliphatic heterocycles. The van der Waals surface area contributed by atoms with E-state index in [1.54, 1.807) is 0 Å². The first-order valence-corrected chi connectivity index (χ1v) is 10.6. The molecule has 2 rings (SSSR count). The van der Waals surface area contributed by atoms with E-state index in [1.165, 1.54) is 45.4 Å². The quantitative estimate of drug-likeness (QED) is 0.346. The minimum absolute atomic E-state index is 0. The third-order valence-corrected chi connectivity index (χ3v) is 5.58. The summed E-state index contributed by atoms with van der Waals surface area (Å²) in [7, 11) is 0. The monoisotopic (exact) mass is 479 g/mol. The minimum Gasteiger partial charge on any atom is -0.357 e. The first kappa shape index (κ1) is 24.0. The maximum Gasteiger partial charge on any atom is 0.194 e. The summed E-state index contributed by atoms with van der Waals surface area (Å²) in [6.45, 7) is 20.5. The fraction of sp³-hybridized carbons (Fsp3) is 0.950. The van der Waals surface area contributed by atoms with Gasteiger partial charge in [-0.15, -0.1) is 24.0 Å². The number of nitrogens with one attached hydrogen (secondary N) is 1. The number of hydrogen-bond acceptors (Lipinski definition) is 3. The average molecular weight is 479 g/mol. The minimum atomic E-state index is 0. The normalized spacial score (nSPS) is 21.1. The van der Waals surface area contributed by atoms with E-state index in [4.69, 9.17) is 4.99 Å². The van der Waals surface area contributed by atoms with Crippen LogP contribution in [0.1, 0.15) is 47.0 Å². The van der Waals surface area contributed by atoms with Crippen LogP contribution in [0, 0.1) is 11.8 Å². The predicted molar refractivity (Wildman–Crippen MR) is 124 cm³/mol. The highest BCUT2D eigenvalue weighted by Gasteiger charge is 2.21. The van der Waals surface area contributed by atoms with Crippen LogP contribution in [0.15, 0.2) is 4.99 Å². The van der Waals surface area contributed by atoms with Crippen molar-refractivity contribution in [3.05, 3.63) is 0 Å². The Kier molecular flexibility index (Phi) is 12.1. The summed E-state index contributed by atoms with van der Waals surface area (Å²) in [5, 5.41) is 3.51. The molecule has 0 unspecified atom stereocenters. The Morgan fingerprint density at radius 1 is 1.00 bits per heavy atom. The van der Waals surface area contributed by atoms with E-state index in [0.29, 0.717) is 0 Å². The molecule has 5 nitrogen and oxygen atoms in total. The van der Waals surface area contributed by atoms with Crippen molar-refractivity contribution in [1.29, 1.82) is 0 Å². The van der Waals surface area contributed by atoms with E-state index < -0.39 is 0 Å². The second kappa shape index (κ2) is 13.2. The molecule has 6 heteroatoms. The summed E-state index contributed by atoms with van der Waals surface area (Å²) in [6, 6.07) is 0. The zero-order chi connectivity index (χ0) is 18.1. The number of halogens is 1. The lowest BCUT2D eigenvalue weighted by atomic mass is 9.94. The van der Waals surface area contributed by atoms with Crippen LogP contribution in [0.2, 0.25) is 0 Å². The van der Waals surface area contributed by atoms with Gasteiger partial charge in [0.2, 0.25) is 0 Å². The molecule has 0 amide bonds. The second-order valence-electron chi connectivity index (χ2n) is 8.08. The standard InChI is InChI=1S/C20H41N5.HI/c1-5-21-20(25-15-13-24(14-16-25)17-18(3)4)22-10-7-19-8-11-23(6-2)12-9-19;/h18-19H,5-17H2,1-4H3,(H,21,22);1H. The summed E-state index contributed by atoms with van der Waals surface area (Å²) in [5.74, 6) is 2.77. The molecule has 2 fully saturated rings. The summed E-state index contributed by atoms with van der Waals surface area (Å²) in [5.41, 5.74) is 0. The number of guanidine groups is 1. The van der Waals surface area contributed by atoms with Gasteiger partial charge in [-0.3, -0.25) is 9.89 Å². The van der Waals surface area contributed by atoms with E-state index in [0.717, 1.165) is 57.1 Å². The van der Waals surface area contributed by atoms with Gasteiger partial charge < -0.3 is 15.1 Å². The van der Waals surface area contributed by atoms with Crippen molar-refractivity contribution >= 4 is 29.9 Å². The zero-order valence-corrected chi connectivity index (χ0v) is 19.9. The molecule has 2 saturated heterocycles. The van der Waals surface area contributed by atoms with Gasteiger partial charge in [0, 0.05) is 45.8 Å². The van der Waals surface area contributed by atoms with Gasteiger partial charge in [-0.05, 0) is 57.7 Å². The topological polar surface area (TPSA) is 34.1 Å². The number of likely N-dealkylation sites (tertiary alicyclic amines) is 1. The van der Waals surface area contributed by atoms with Crippen molar-refractivity contribution in [2.24, 2.45) is 16.8 Å². The highest BCUT2D eigenvalue weighted by atomic mass is 127. The summed E-state index contributed by atoms with van der Waals surface area (Å²) in [6.07, 6.45) is 3.96. The highest BCUT2D eigenvalue weighted by Crippen LogP contribution is 2.20. The first-order chi connectivity index (χ1) is 12.1. The molecule has 0 spiro atoms. The first-order valence-electron chi connectivity index (χ1n) is 10.6. The Labute approximate surface area is 179 Å². The number of nitrogens with zero attached hydrogens (tertiary/aromatic N) is 4. The fourth-order valence-electron chi connectivity index (χ4n) is 4.03. The van der Waals surface area contributed by atoms with Crippen molar-refractivity contribution < 1.29 is 0 Å². The number of hydrogen-bond donors (Lipinski definition) is 1. The van der Waals surface area contributed by atoms with Gasteiger partial charge in [-0.2, -0.15) is 0 Å². The van der Waals surface area contributed by atoms with Gasteiger partial charge in [0.1, 0.15) is 0 Å². The van der Waals surface area contributed by atoms with Crippen molar-refractivity contribution in [2.45, 2.75) is 47.0 Å². The molecular weight excluding hydrogens is 437 g/mol. The fourth-order valence-corrected chi connectivity index (χ4v) is 4.03. The Morgan fingerprint density at radius 2 is 1.65 bits per heavy atom. The Balaban J connectivity index is 0.00000338. The average Bonchev–Trinajstić information content (AvgIpc) is 2.62. The molecule has 154 valence electrons. The summed E-state index contributed by atoms with van der Waals surface area (Å²) < 4.78 is 0. The lowest BCUT2D eigenvalue weighted by Crippen LogP contribution is -2.53. The molecule has 0 aromatic heterocycles. The van der Waals surface area contributed by atoms with Gasteiger partial charge in [-0.25, -0.2) is 0 Å². The zero-order valence-electron chi connectivity index (χ0n) is 17.5. The van der Waals surface area contributed by atoms with Crippen molar-refractivity contribution in [2.75, 3.05) is 65.4 Å². The van der Waals surface area contributed by atoms with Crippen LogP contribution in [0.3, 0.4) is 0 Å². The third kappa shape index (κ3) is 8.30. The van der Waals surface area contributed by atoms with E-state index in [-0.39, 0.29) is 24.0 Å². The lowest BCUT2D eigenvalue weighted by Gasteiger charge is -2.37. The Bertz CT molecular complexity index is 386. The van der Waals surface area contributed by atoms with Gasteiger partial charge in [-0.1, -0.05) is 20.8 Å². The lowest BCUT2D eigenvalue weighted by molar-refractivity contribution is 0.163. The van der Waals surface area contributed by atoms with Crippen LogP contribution in [0.4, 0.5) is 0 Å². The van der Waals surface area contributed by atoms with Crippen molar-refractivity contribution in [3.63, 3.8) is 0 Å². The Hall–Kier alpha value is -0.0800. The Morgan fingerprint density at radius 3 is 2.19 bits per heavy atom. The molecule has 0 saturated carbocycles. The van der Waals surface area contributed by atoms with Crippen molar-refractivity contribution in [1.82, 2.24) is 20.0 Å². The molecule has 1 N–H and O–H groups in total. The van der Waals surface area contributed by atoms with Gasteiger partial charge in [0.05, 0.1) is 0 Å². The van der Waals surface area contributed by atoms with E-state index in [1.807, 2.05) is 0 Å². The second-order valence-corrected chi connectivity index (χ2v) is 8.08. The van der Waals surface area contributed by atoms with E-state index in [9.17, 15) is 0 Å². The summed E-state index contributed by atoms with van der Waals surface area (Å²) in [4.78, 5) is 12.6. The molecule has 0 radical (unpaired) electrons. The van der Waals surface area contributed by atoms with Crippen LogP contribution in [-0.2, 0) is 0 Å². The number of rotatable bonds is 7. The predicted octanol–water partition coefficient (Wildman–Crippen LogP) is 2.97. The molecule has 0 atom stereocenters. The molecule has 0 aromatic carbocycles. The van der Waals surface area contributed by atoms with Crippen molar-refractivity contribution in [3.8, 4) is 0 Å². The highest BCUT2D eigenvalue weighted by molar-refractivity contribution is 14.0. The molecule has 0 aromatic rings. The molecule has 2 heterocycles. The SMILES string of the molecule is CCNC(=NCCC1CCN(CC)CC1)N1CCN(CC(C)C)CC1.I. The number of piperidine rings is 1. The molecule has 26 heavy (non-hydrogen) atoms. The van der Waals surface area contributed by atoms with Gasteiger partial charge in [0.25, 0.3) is 0 Å². The number of aliphatic imine (C=N–C) groups is 1. The van der Waals surface area contributed by atoms with Crippen LogP contribution in [-0.4, -0.2) is 86.1 Å². The molecular formula is C20H42IN5. The largest absolute Gasteiger partial charge is 0.357 e. The molecule has 0 aliphatic carbocycles. The maximum atomic E-state index is 4.96. The van der Waals surface area contributed by atoms with Gasteiger partial charge in [0.15, 0.2) is 5.96 Å². The van der Waals surface area contributed by atoms with Gasteiger partial charge >= 0.3 is 0 Å². The number of piperazine rings is 1.